The van der Waals surface area contributed by atoms with Gasteiger partial charge in [0.1, 0.15) is 5.58 Å². The number of hydrogen-bond acceptors (Lipinski definition) is 3. The molecule has 4 nitrogen and oxygen atoms in total. The molecule has 9 rings (SSSR count). The molecule has 4 aromatic carbocycles. The van der Waals surface area contributed by atoms with Gasteiger partial charge in [0.05, 0.1) is 22.4 Å². The number of nitrogens with zero attached hydrogens (tertiary/aromatic N) is 3. The summed E-state index contributed by atoms with van der Waals surface area (Å²) < 4.78 is 8.59. The molecule has 0 unspecified atom stereocenters. The Labute approximate surface area is 237 Å². The van der Waals surface area contributed by atoms with Crippen molar-refractivity contribution in [2.24, 2.45) is 0 Å². The quantitative estimate of drug-likeness (QED) is 0.225. The largest absolute Gasteiger partial charge is 0.447 e. The summed E-state index contributed by atoms with van der Waals surface area (Å²) in [5.41, 5.74) is 10.6. The third kappa shape index (κ3) is 2.96. The van der Waals surface area contributed by atoms with Crippen molar-refractivity contribution in [3.05, 3.63) is 120 Å². The van der Waals surface area contributed by atoms with E-state index in [1.165, 1.54) is 27.6 Å². The Morgan fingerprint density at radius 3 is 2.68 bits per heavy atom. The zero-order valence-corrected chi connectivity index (χ0v) is 22.8. The van der Waals surface area contributed by atoms with E-state index in [4.69, 9.17) is 14.4 Å². The van der Waals surface area contributed by atoms with Gasteiger partial charge in [-0.25, -0.2) is 9.97 Å². The maximum atomic E-state index is 6.30. The maximum absolute atomic E-state index is 6.30. The molecule has 0 bridgehead atoms. The summed E-state index contributed by atoms with van der Waals surface area (Å²) in [5.74, 6) is 0.694. The number of fused-ring (bicyclic) bond motifs is 10. The molecule has 0 aliphatic heterocycles. The Morgan fingerprint density at radius 1 is 0.902 bits per heavy atom. The fourth-order valence-electron chi connectivity index (χ4n) is 7.13. The predicted octanol–water partition coefficient (Wildman–Crippen LogP) is 9.11. The second-order valence-corrected chi connectivity index (χ2v) is 11.6. The van der Waals surface area contributed by atoms with Gasteiger partial charge in [0, 0.05) is 32.5 Å². The van der Waals surface area contributed by atoms with E-state index in [-0.39, 0.29) is 5.41 Å². The topological polar surface area (TPSA) is 43.9 Å². The van der Waals surface area contributed by atoms with Crippen molar-refractivity contribution < 1.29 is 4.42 Å². The van der Waals surface area contributed by atoms with Crippen LogP contribution >= 0.6 is 0 Å². The van der Waals surface area contributed by atoms with Crippen molar-refractivity contribution >= 4 is 49.3 Å². The van der Waals surface area contributed by atoms with Gasteiger partial charge in [-0.2, -0.15) is 0 Å². The molecule has 0 amide bonds. The molecule has 41 heavy (non-hydrogen) atoms. The number of hydrogen-bond donors (Lipinski definition) is 0. The second-order valence-electron chi connectivity index (χ2n) is 11.6. The molecule has 0 spiro atoms. The van der Waals surface area contributed by atoms with Crippen molar-refractivity contribution in [1.29, 1.82) is 0 Å². The molecule has 0 fully saturated rings. The molecule has 194 valence electrons. The van der Waals surface area contributed by atoms with Crippen LogP contribution in [-0.4, -0.2) is 14.5 Å². The van der Waals surface area contributed by atoms with Crippen molar-refractivity contribution in [2.45, 2.75) is 32.1 Å². The van der Waals surface area contributed by atoms with Crippen molar-refractivity contribution in [1.82, 2.24) is 14.5 Å². The van der Waals surface area contributed by atoms with E-state index in [2.05, 4.69) is 116 Å². The van der Waals surface area contributed by atoms with Crippen LogP contribution in [0.1, 0.15) is 43.5 Å². The zero-order valence-electron chi connectivity index (χ0n) is 22.8. The van der Waals surface area contributed by atoms with E-state index in [0.717, 1.165) is 62.6 Å². The Kier molecular flexibility index (Phi) is 4.40. The standard InChI is InChI=1S/C37H25N3O/c1-37(2)26-17-9-6-14-23(26)35-33(37)32-28(20-21-30-31(32)25-16-8-11-19-29(25)41-30)40(35)36-38-27-18-10-7-15-24(27)34(39-36)22-12-4-3-5-13-22/h3-4,6-10,12,14-18,20-21H,5,13H2,1-2H3. The number of furan rings is 1. The first kappa shape index (κ1) is 22.7. The molecule has 0 N–H and O–H groups in total. The summed E-state index contributed by atoms with van der Waals surface area (Å²) in [7, 11) is 0. The van der Waals surface area contributed by atoms with E-state index < -0.39 is 0 Å². The van der Waals surface area contributed by atoms with Crippen LogP contribution in [0.2, 0.25) is 0 Å². The van der Waals surface area contributed by atoms with Crippen molar-refractivity contribution in [3.63, 3.8) is 0 Å². The first-order valence-corrected chi connectivity index (χ1v) is 14.2. The number of aromatic nitrogens is 3. The zero-order chi connectivity index (χ0) is 27.3. The van der Waals surface area contributed by atoms with E-state index in [9.17, 15) is 0 Å². The van der Waals surface area contributed by atoms with E-state index in [1.54, 1.807) is 0 Å². The highest BCUT2D eigenvalue weighted by Crippen LogP contribution is 2.55. The number of rotatable bonds is 2. The average molecular weight is 528 g/mol. The van der Waals surface area contributed by atoms with Crippen LogP contribution in [-0.2, 0) is 5.41 Å². The summed E-state index contributed by atoms with van der Waals surface area (Å²) >= 11 is 0. The summed E-state index contributed by atoms with van der Waals surface area (Å²) in [6, 6.07) is 31.6. The number of benzene rings is 3. The fraction of sp³-hybridized carbons (Fsp3) is 0.135. The summed E-state index contributed by atoms with van der Waals surface area (Å²) in [6.07, 6.45) is 8.55. The van der Waals surface area contributed by atoms with Gasteiger partial charge in [0.2, 0.25) is 5.95 Å². The third-order valence-corrected chi connectivity index (χ3v) is 8.93. The molecular weight excluding hydrogens is 502 g/mol. The van der Waals surface area contributed by atoms with Crippen molar-refractivity contribution in [2.75, 3.05) is 0 Å². The second kappa shape index (κ2) is 7.96. The Morgan fingerprint density at radius 2 is 1.78 bits per heavy atom. The molecule has 3 heterocycles. The minimum atomic E-state index is -0.228. The van der Waals surface area contributed by atoms with Gasteiger partial charge in [-0.1, -0.05) is 80.6 Å². The SMILES string of the molecule is CC1(C)c2ccccc2-c2c1c1c3c(ccc1n2-c1nc(C2=CC=CCC2)c2ccccc2n1)oc1c#cccc13. The Hall–Kier alpha value is -5.14. The van der Waals surface area contributed by atoms with Gasteiger partial charge in [-0.3, -0.25) is 4.57 Å². The predicted molar refractivity (Wildman–Crippen MR) is 165 cm³/mol. The smallest absolute Gasteiger partial charge is 0.235 e. The van der Waals surface area contributed by atoms with Crippen LogP contribution in [0, 0.1) is 12.1 Å². The summed E-state index contributed by atoms with van der Waals surface area (Å²) in [4.78, 5) is 10.6. The molecule has 2 aliphatic carbocycles. The van der Waals surface area contributed by atoms with E-state index in [1.807, 2.05) is 6.07 Å². The third-order valence-electron chi connectivity index (χ3n) is 8.93. The first-order chi connectivity index (χ1) is 20.1. The Balaban J connectivity index is 1.48. The highest BCUT2D eigenvalue weighted by Gasteiger charge is 2.42. The Bertz CT molecular complexity index is 2290. The van der Waals surface area contributed by atoms with Crippen LogP contribution in [0.4, 0.5) is 0 Å². The summed E-state index contributed by atoms with van der Waals surface area (Å²) in [5, 5.41) is 4.44. The molecule has 0 atom stereocenters. The van der Waals surface area contributed by atoms with Gasteiger partial charge >= 0.3 is 0 Å². The lowest BCUT2D eigenvalue weighted by atomic mass is 9.81. The molecule has 0 saturated heterocycles. The lowest BCUT2D eigenvalue weighted by Gasteiger charge is -2.21. The van der Waals surface area contributed by atoms with Crippen molar-refractivity contribution in [3.8, 4) is 17.2 Å². The molecule has 7 aromatic rings. The van der Waals surface area contributed by atoms with E-state index >= 15 is 0 Å². The van der Waals surface area contributed by atoms with Crippen LogP contribution in [0.15, 0.2) is 95.4 Å². The minimum absolute atomic E-state index is 0.228. The molecule has 3 aromatic heterocycles. The molecule has 0 saturated carbocycles. The highest BCUT2D eigenvalue weighted by molar-refractivity contribution is 6.21. The maximum Gasteiger partial charge on any atom is 0.235 e. The monoisotopic (exact) mass is 527 g/mol. The van der Waals surface area contributed by atoms with Gasteiger partial charge in [-0.05, 0) is 65.9 Å². The van der Waals surface area contributed by atoms with Gasteiger partial charge < -0.3 is 4.42 Å². The first-order valence-electron chi connectivity index (χ1n) is 14.2. The van der Waals surface area contributed by atoms with E-state index in [0.29, 0.717) is 5.95 Å². The number of allylic oxidation sites excluding steroid dienone is 4. The molecule has 2 aliphatic rings. The van der Waals surface area contributed by atoms with Crippen LogP contribution in [0.5, 0.6) is 0 Å². The van der Waals surface area contributed by atoms with Crippen LogP contribution in [0.3, 0.4) is 0 Å². The molecule has 4 heteroatoms. The minimum Gasteiger partial charge on any atom is -0.447 e. The highest BCUT2D eigenvalue weighted by atomic mass is 16.3. The van der Waals surface area contributed by atoms with Gasteiger partial charge in [-0.15, -0.1) is 0 Å². The lowest BCUT2D eigenvalue weighted by Crippen LogP contribution is -2.14. The normalized spacial score (nSPS) is 15.4. The number of para-hydroxylation sites is 1. The van der Waals surface area contributed by atoms with Gasteiger partial charge in [0.15, 0.2) is 5.58 Å². The molecule has 0 radical (unpaired) electrons. The fourth-order valence-corrected chi connectivity index (χ4v) is 7.13. The lowest BCUT2D eigenvalue weighted by molar-refractivity contribution is 0.665. The molecular formula is C37H25N3O. The summed E-state index contributed by atoms with van der Waals surface area (Å²) in [6.45, 7) is 4.66. The van der Waals surface area contributed by atoms with Crippen LogP contribution in [0.25, 0.3) is 66.5 Å². The average Bonchev–Trinajstić information content (AvgIpc) is 3.64. The van der Waals surface area contributed by atoms with Crippen LogP contribution < -0.4 is 0 Å². The van der Waals surface area contributed by atoms with Gasteiger partial charge in [0.25, 0.3) is 0 Å².